The minimum absolute atomic E-state index is 0.0529. The van der Waals surface area contributed by atoms with Gasteiger partial charge in [0.15, 0.2) is 0 Å². The van der Waals surface area contributed by atoms with Crippen molar-refractivity contribution in [3.63, 3.8) is 0 Å². The van der Waals surface area contributed by atoms with Crippen molar-refractivity contribution in [3.8, 4) is 0 Å². The molecule has 0 aliphatic carbocycles. The number of rotatable bonds is 2. The van der Waals surface area contributed by atoms with Crippen molar-refractivity contribution in [2.45, 2.75) is 38.6 Å². The van der Waals surface area contributed by atoms with Crippen molar-refractivity contribution in [1.29, 1.82) is 0 Å². The molecule has 1 unspecified atom stereocenters. The van der Waals surface area contributed by atoms with Gasteiger partial charge in [0.25, 0.3) is 0 Å². The Kier molecular flexibility index (Phi) is 3.48. The second-order valence-electron chi connectivity index (χ2n) is 4.99. The molecular weight excluding hydrogens is 212 g/mol. The fraction of sp³-hybridized carbons (Fsp3) is 0.500. The molecule has 1 aliphatic heterocycles. The molecule has 3 nitrogen and oxygen atoms in total. The van der Waals surface area contributed by atoms with Gasteiger partial charge in [0.1, 0.15) is 0 Å². The summed E-state index contributed by atoms with van der Waals surface area (Å²) < 4.78 is 0. The maximum atomic E-state index is 12.0. The molecule has 1 amide bonds. The van der Waals surface area contributed by atoms with Crippen LogP contribution in [0.4, 0.5) is 5.69 Å². The van der Waals surface area contributed by atoms with Crippen molar-refractivity contribution in [3.05, 3.63) is 29.8 Å². The van der Waals surface area contributed by atoms with Crippen LogP contribution in [0.5, 0.6) is 0 Å². The zero-order chi connectivity index (χ0) is 12.4. The zero-order valence-electron chi connectivity index (χ0n) is 10.5. The Morgan fingerprint density at radius 3 is 2.88 bits per heavy atom. The molecule has 1 fully saturated rings. The third kappa shape index (κ3) is 2.50. The predicted molar refractivity (Wildman–Crippen MR) is 70.1 cm³/mol. The van der Waals surface area contributed by atoms with E-state index in [1.807, 2.05) is 17.0 Å². The topological polar surface area (TPSA) is 46.3 Å². The summed E-state index contributed by atoms with van der Waals surface area (Å²) >= 11 is 0. The molecule has 2 N–H and O–H groups in total. The van der Waals surface area contributed by atoms with Crippen molar-refractivity contribution >= 4 is 11.6 Å². The van der Waals surface area contributed by atoms with Crippen LogP contribution in [0.1, 0.15) is 38.2 Å². The van der Waals surface area contributed by atoms with E-state index in [0.29, 0.717) is 5.92 Å². The van der Waals surface area contributed by atoms with Gasteiger partial charge in [-0.3, -0.25) is 4.79 Å². The van der Waals surface area contributed by atoms with E-state index in [4.69, 9.17) is 5.73 Å². The van der Waals surface area contributed by atoms with E-state index in [1.165, 1.54) is 5.56 Å². The molecule has 1 heterocycles. The van der Waals surface area contributed by atoms with Crippen LogP contribution in [0, 0.1) is 0 Å². The molecule has 2 rings (SSSR count). The molecule has 1 aromatic rings. The summed E-state index contributed by atoms with van der Waals surface area (Å²) in [5.41, 5.74) is 8.05. The summed E-state index contributed by atoms with van der Waals surface area (Å²) in [6, 6.07) is 7.87. The lowest BCUT2D eigenvalue weighted by Gasteiger charge is -2.30. The van der Waals surface area contributed by atoms with E-state index in [9.17, 15) is 4.79 Å². The van der Waals surface area contributed by atoms with E-state index in [2.05, 4.69) is 26.0 Å². The monoisotopic (exact) mass is 232 g/mol. The molecule has 92 valence electrons. The van der Waals surface area contributed by atoms with Crippen LogP contribution >= 0.6 is 0 Å². The summed E-state index contributed by atoms with van der Waals surface area (Å²) in [6.07, 6.45) is 1.79. The lowest BCUT2D eigenvalue weighted by Crippen LogP contribution is -2.48. The number of carbonyl (C=O) groups is 1. The molecule has 0 aromatic heterocycles. The van der Waals surface area contributed by atoms with Crippen LogP contribution < -0.4 is 10.6 Å². The molecule has 0 bridgehead atoms. The summed E-state index contributed by atoms with van der Waals surface area (Å²) in [4.78, 5) is 13.8. The Morgan fingerprint density at radius 2 is 2.18 bits per heavy atom. The van der Waals surface area contributed by atoms with Crippen LogP contribution in [-0.4, -0.2) is 18.5 Å². The molecule has 1 atom stereocenters. The smallest absolute Gasteiger partial charge is 0.243 e. The number of amides is 1. The van der Waals surface area contributed by atoms with E-state index < -0.39 is 0 Å². The van der Waals surface area contributed by atoms with Gasteiger partial charge in [-0.2, -0.15) is 0 Å². The maximum absolute atomic E-state index is 12.0. The molecule has 1 aromatic carbocycles. The second-order valence-corrected chi connectivity index (χ2v) is 4.99. The predicted octanol–water partition coefficient (Wildman–Crippen LogP) is 2.26. The van der Waals surface area contributed by atoms with Crippen molar-refractivity contribution in [2.24, 2.45) is 5.73 Å². The van der Waals surface area contributed by atoms with Crippen LogP contribution in [0.15, 0.2) is 24.3 Å². The first-order valence-electron chi connectivity index (χ1n) is 6.26. The largest absolute Gasteiger partial charge is 0.320 e. The SMILES string of the molecule is CC(C)c1cccc(N2CCCC(N)C2=O)c1. The van der Waals surface area contributed by atoms with Crippen molar-refractivity contribution in [2.75, 3.05) is 11.4 Å². The lowest BCUT2D eigenvalue weighted by molar-refractivity contribution is -0.120. The van der Waals surface area contributed by atoms with Crippen LogP contribution in [0.2, 0.25) is 0 Å². The Hall–Kier alpha value is -1.35. The van der Waals surface area contributed by atoms with Gasteiger partial charge in [-0.25, -0.2) is 0 Å². The van der Waals surface area contributed by atoms with Crippen molar-refractivity contribution in [1.82, 2.24) is 0 Å². The number of nitrogens with zero attached hydrogens (tertiary/aromatic N) is 1. The van der Waals surface area contributed by atoms with Crippen LogP contribution in [-0.2, 0) is 4.79 Å². The highest BCUT2D eigenvalue weighted by Crippen LogP contribution is 2.24. The van der Waals surface area contributed by atoms with E-state index in [1.54, 1.807) is 0 Å². The Balaban J connectivity index is 2.27. The average Bonchev–Trinajstić information content (AvgIpc) is 2.33. The molecule has 17 heavy (non-hydrogen) atoms. The molecular formula is C14H20N2O. The Bertz CT molecular complexity index is 414. The first kappa shape index (κ1) is 12.1. The normalized spacial score (nSPS) is 21.1. The van der Waals surface area contributed by atoms with Crippen LogP contribution in [0.25, 0.3) is 0 Å². The number of carbonyl (C=O) groups excluding carboxylic acids is 1. The Morgan fingerprint density at radius 1 is 1.41 bits per heavy atom. The van der Waals surface area contributed by atoms with Gasteiger partial charge in [0, 0.05) is 12.2 Å². The van der Waals surface area contributed by atoms with E-state index >= 15 is 0 Å². The third-order valence-electron chi connectivity index (χ3n) is 3.33. The van der Waals surface area contributed by atoms with E-state index in [0.717, 1.165) is 25.1 Å². The number of hydrogen-bond acceptors (Lipinski definition) is 2. The summed E-state index contributed by atoms with van der Waals surface area (Å²) in [7, 11) is 0. The number of hydrogen-bond donors (Lipinski definition) is 1. The van der Waals surface area contributed by atoms with Gasteiger partial charge in [-0.15, -0.1) is 0 Å². The Labute approximate surface area is 103 Å². The zero-order valence-corrected chi connectivity index (χ0v) is 10.5. The fourth-order valence-electron chi connectivity index (χ4n) is 2.21. The first-order chi connectivity index (χ1) is 8.09. The van der Waals surface area contributed by atoms with Gasteiger partial charge < -0.3 is 10.6 Å². The number of anilines is 1. The minimum atomic E-state index is -0.327. The molecule has 1 aliphatic rings. The average molecular weight is 232 g/mol. The van der Waals surface area contributed by atoms with Gasteiger partial charge in [-0.1, -0.05) is 26.0 Å². The lowest BCUT2D eigenvalue weighted by atomic mass is 10.0. The highest BCUT2D eigenvalue weighted by Gasteiger charge is 2.26. The molecule has 0 spiro atoms. The fourth-order valence-corrected chi connectivity index (χ4v) is 2.21. The number of piperidine rings is 1. The molecule has 0 saturated carbocycles. The third-order valence-corrected chi connectivity index (χ3v) is 3.33. The highest BCUT2D eigenvalue weighted by molar-refractivity contribution is 5.97. The number of benzene rings is 1. The summed E-state index contributed by atoms with van der Waals surface area (Å²) in [5, 5.41) is 0. The van der Waals surface area contributed by atoms with Gasteiger partial charge in [0.05, 0.1) is 6.04 Å². The summed E-state index contributed by atoms with van der Waals surface area (Å²) in [6.45, 7) is 5.10. The first-order valence-corrected chi connectivity index (χ1v) is 6.26. The molecule has 0 radical (unpaired) electrons. The van der Waals surface area contributed by atoms with Crippen molar-refractivity contribution < 1.29 is 4.79 Å². The van der Waals surface area contributed by atoms with Gasteiger partial charge in [0.2, 0.25) is 5.91 Å². The molecule has 3 heteroatoms. The van der Waals surface area contributed by atoms with E-state index in [-0.39, 0.29) is 11.9 Å². The summed E-state index contributed by atoms with van der Waals surface area (Å²) in [5.74, 6) is 0.528. The second kappa shape index (κ2) is 4.88. The standard InChI is InChI=1S/C14H20N2O/c1-10(2)11-5-3-6-12(9-11)16-8-4-7-13(15)14(16)17/h3,5-6,9-10,13H,4,7-8,15H2,1-2H3. The van der Waals surface area contributed by atoms with Crippen LogP contribution in [0.3, 0.4) is 0 Å². The van der Waals surface area contributed by atoms with Gasteiger partial charge >= 0.3 is 0 Å². The number of nitrogens with two attached hydrogens (primary N) is 1. The quantitative estimate of drug-likeness (QED) is 0.850. The highest BCUT2D eigenvalue weighted by atomic mass is 16.2. The maximum Gasteiger partial charge on any atom is 0.243 e. The molecule has 1 saturated heterocycles. The minimum Gasteiger partial charge on any atom is -0.320 e. The van der Waals surface area contributed by atoms with Gasteiger partial charge in [-0.05, 0) is 36.5 Å².